The minimum absolute atomic E-state index is 0.00536. The third kappa shape index (κ3) is 7.37. The van der Waals surface area contributed by atoms with Crippen LogP contribution in [-0.2, 0) is 31.3 Å². The number of amides is 1. The first kappa shape index (κ1) is 33.0. The first-order valence-electron chi connectivity index (χ1n) is 14.8. The van der Waals surface area contributed by atoms with Crippen molar-refractivity contribution in [2.75, 3.05) is 19.5 Å². The molecule has 2 aromatic carbocycles. The van der Waals surface area contributed by atoms with Crippen molar-refractivity contribution in [2.45, 2.75) is 68.2 Å². The molecule has 0 radical (unpaired) electrons. The maximum atomic E-state index is 13.6. The lowest BCUT2D eigenvalue weighted by Crippen LogP contribution is -2.30. The zero-order chi connectivity index (χ0) is 33.1. The third-order valence-electron chi connectivity index (χ3n) is 7.38. The van der Waals surface area contributed by atoms with Crippen molar-refractivity contribution in [3.63, 3.8) is 0 Å². The van der Waals surface area contributed by atoms with Crippen LogP contribution >= 0.6 is 0 Å². The number of anilines is 2. The van der Waals surface area contributed by atoms with Crippen LogP contribution in [-0.4, -0.2) is 58.0 Å². The fourth-order valence-electron chi connectivity index (χ4n) is 4.80. The Balaban J connectivity index is 1.66. The summed E-state index contributed by atoms with van der Waals surface area (Å²) in [6, 6.07) is 9.91. The van der Waals surface area contributed by atoms with Gasteiger partial charge in [0.1, 0.15) is 4.90 Å². The van der Waals surface area contributed by atoms with E-state index in [1.807, 2.05) is 6.92 Å². The molecule has 46 heavy (non-hydrogen) atoms. The summed E-state index contributed by atoms with van der Waals surface area (Å²) in [5.74, 6) is -0.354. The topological polar surface area (TPSA) is 179 Å². The fourth-order valence-corrected chi connectivity index (χ4v) is 7.37. The summed E-state index contributed by atoms with van der Waals surface area (Å²) in [5, 5.41) is 3.68. The minimum Gasteiger partial charge on any atom is -0.480 e. The highest BCUT2D eigenvalue weighted by Gasteiger charge is 2.31. The predicted octanol–water partition coefficient (Wildman–Crippen LogP) is 4.45. The quantitative estimate of drug-likeness (QED) is 0.173. The van der Waals surface area contributed by atoms with Crippen molar-refractivity contribution in [3.05, 3.63) is 54.4 Å². The van der Waals surface area contributed by atoms with E-state index in [-0.39, 0.29) is 39.8 Å². The Morgan fingerprint density at radius 2 is 1.74 bits per heavy atom. The van der Waals surface area contributed by atoms with Gasteiger partial charge in [0, 0.05) is 35.9 Å². The van der Waals surface area contributed by atoms with Crippen LogP contribution in [0.4, 0.5) is 11.4 Å². The van der Waals surface area contributed by atoms with Gasteiger partial charge >= 0.3 is 6.01 Å². The van der Waals surface area contributed by atoms with Crippen molar-refractivity contribution < 1.29 is 31.1 Å². The Morgan fingerprint density at radius 3 is 2.41 bits per heavy atom. The number of nitrogens with zero attached hydrogens (tertiary/aromatic N) is 3. The van der Waals surface area contributed by atoms with Gasteiger partial charge in [0.15, 0.2) is 0 Å². The van der Waals surface area contributed by atoms with Crippen LogP contribution < -0.4 is 24.2 Å². The van der Waals surface area contributed by atoms with E-state index in [1.165, 1.54) is 32.5 Å². The van der Waals surface area contributed by atoms with Gasteiger partial charge in [-0.15, -0.1) is 0 Å². The summed E-state index contributed by atoms with van der Waals surface area (Å²) < 4.78 is 68.8. The normalized spacial score (nSPS) is 13.4. The Morgan fingerprint density at radius 1 is 0.957 bits per heavy atom. The summed E-state index contributed by atoms with van der Waals surface area (Å²) in [6.07, 6.45) is 6.57. The van der Waals surface area contributed by atoms with E-state index in [0.717, 1.165) is 25.7 Å². The van der Waals surface area contributed by atoms with Crippen molar-refractivity contribution in [2.24, 2.45) is 0 Å². The number of unbranched alkanes of at least 4 members (excludes halogenated alkanes) is 1. The number of aromatic nitrogens is 3. The number of rotatable bonds is 14. The minimum atomic E-state index is -4.19. The van der Waals surface area contributed by atoms with Crippen molar-refractivity contribution in [1.29, 1.82) is 0 Å². The lowest BCUT2D eigenvalue weighted by Gasteiger charge is -2.18. The summed E-state index contributed by atoms with van der Waals surface area (Å²) in [4.78, 5) is 24.8. The van der Waals surface area contributed by atoms with Crippen LogP contribution in [0.5, 0.6) is 11.9 Å². The fraction of sp³-hybridized carbons (Fsp3) is 0.355. The number of nitrogens with one attached hydrogen (secondary N) is 3. The highest BCUT2D eigenvalue weighted by Crippen LogP contribution is 2.37. The van der Waals surface area contributed by atoms with Gasteiger partial charge in [-0.2, -0.15) is 4.98 Å². The van der Waals surface area contributed by atoms with Gasteiger partial charge in [0.25, 0.3) is 10.0 Å². The van der Waals surface area contributed by atoms with Crippen molar-refractivity contribution in [1.82, 2.24) is 24.4 Å². The molecule has 15 heteroatoms. The van der Waals surface area contributed by atoms with E-state index in [1.54, 1.807) is 37.4 Å². The molecule has 0 bridgehead atoms. The van der Waals surface area contributed by atoms with Crippen LogP contribution in [0, 0.1) is 0 Å². The zero-order valence-electron chi connectivity index (χ0n) is 26.0. The average Bonchev–Trinajstić information content (AvgIpc) is 3.86. The monoisotopic (exact) mass is 668 g/mol. The lowest BCUT2D eigenvalue weighted by molar-refractivity contribution is -0.119. The Kier molecular flexibility index (Phi) is 9.74. The molecule has 244 valence electrons. The molecule has 2 aromatic heterocycles. The number of fused-ring (bicyclic) bond motifs is 1. The standard InChI is InChI=1S/C31H36N6O7S2/c1-5-7-8-19-13-22(16-23(14-19)45(39,40)37-28(38)6-2)34-29-24-12-9-20(25-17-33-31(44-4)35-30(25)43-3)15-26(24)32-18-27(29)46(41,42)36-21-10-11-21/h9,12-18,21,36H,5-8,10-11H2,1-4H3,(H,32,34)(H,37,38). The third-order valence-corrected chi connectivity index (χ3v) is 10.3. The number of aryl methyl sites for hydroxylation is 1. The first-order chi connectivity index (χ1) is 22.0. The highest BCUT2D eigenvalue weighted by atomic mass is 32.2. The van der Waals surface area contributed by atoms with E-state index >= 15 is 0 Å². The molecule has 0 atom stereocenters. The molecule has 3 N–H and O–H groups in total. The molecule has 1 aliphatic carbocycles. The number of benzene rings is 2. The summed E-state index contributed by atoms with van der Waals surface area (Å²) in [7, 11) is -5.26. The van der Waals surface area contributed by atoms with Crippen LogP contribution in [0.3, 0.4) is 0 Å². The number of ether oxygens (including phenoxy) is 2. The van der Waals surface area contributed by atoms with Gasteiger partial charge in [0.2, 0.25) is 21.8 Å². The second-order valence-corrected chi connectivity index (χ2v) is 14.2. The second-order valence-electron chi connectivity index (χ2n) is 10.9. The van der Waals surface area contributed by atoms with Gasteiger partial charge in [0.05, 0.1) is 35.9 Å². The zero-order valence-corrected chi connectivity index (χ0v) is 27.6. The van der Waals surface area contributed by atoms with Gasteiger partial charge in [-0.05, 0) is 61.1 Å². The predicted molar refractivity (Wildman–Crippen MR) is 173 cm³/mol. The van der Waals surface area contributed by atoms with E-state index < -0.39 is 26.0 Å². The number of hydrogen-bond acceptors (Lipinski definition) is 11. The maximum absolute atomic E-state index is 13.6. The molecule has 0 spiro atoms. The number of carbonyl (C=O) groups excluding carboxylic acids is 1. The van der Waals surface area contributed by atoms with Gasteiger partial charge in [-0.25, -0.2) is 31.3 Å². The number of hydrogen-bond donors (Lipinski definition) is 3. The van der Waals surface area contributed by atoms with Gasteiger partial charge in [-0.3, -0.25) is 9.78 Å². The Labute approximate surface area is 268 Å². The first-order valence-corrected chi connectivity index (χ1v) is 17.8. The summed E-state index contributed by atoms with van der Waals surface area (Å²) >= 11 is 0. The Bertz CT molecular complexity index is 2000. The molecule has 4 aromatic rings. The highest BCUT2D eigenvalue weighted by molar-refractivity contribution is 7.90. The Hall–Kier alpha value is -4.34. The smallest absolute Gasteiger partial charge is 0.319 e. The maximum Gasteiger partial charge on any atom is 0.319 e. The average molecular weight is 669 g/mol. The molecule has 2 heterocycles. The number of pyridine rings is 1. The molecular formula is C31H36N6O7S2. The SMILES string of the molecule is CCCCc1cc(Nc2c(S(=O)(=O)NC3CC3)cnc3cc(-c4cnc(OC)nc4OC)ccc23)cc(S(=O)(=O)NC(=O)CC)c1. The van der Waals surface area contributed by atoms with Crippen LogP contribution in [0.1, 0.15) is 51.5 Å². The summed E-state index contributed by atoms with van der Waals surface area (Å²) in [6.45, 7) is 3.58. The molecule has 5 rings (SSSR count). The molecule has 13 nitrogen and oxygen atoms in total. The van der Waals surface area contributed by atoms with Gasteiger partial charge in [-0.1, -0.05) is 32.4 Å². The molecule has 0 aliphatic heterocycles. The van der Waals surface area contributed by atoms with E-state index in [2.05, 4.69) is 29.7 Å². The molecule has 0 unspecified atom stereocenters. The van der Waals surface area contributed by atoms with Crippen molar-refractivity contribution in [3.8, 4) is 23.0 Å². The number of methoxy groups -OCH3 is 2. The summed E-state index contributed by atoms with van der Waals surface area (Å²) in [5.41, 5.74) is 2.95. The van der Waals surface area contributed by atoms with E-state index in [4.69, 9.17) is 9.47 Å². The molecule has 0 saturated heterocycles. The number of carbonyl (C=O) groups is 1. The molecule has 1 saturated carbocycles. The second kappa shape index (κ2) is 13.6. The van der Waals surface area contributed by atoms with E-state index in [9.17, 15) is 21.6 Å². The van der Waals surface area contributed by atoms with Crippen molar-refractivity contribution >= 4 is 48.2 Å². The number of sulfonamides is 2. The van der Waals surface area contributed by atoms with Crippen LogP contribution in [0.2, 0.25) is 0 Å². The largest absolute Gasteiger partial charge is 0.480 e. The molecular weight excluding hydrogens is 633 g/mol. The van der Waals surface area contributed by atoms with Crippen LogP contribution in [0.25, 0.3) is 22.0 Å². The van der Waals surface area contributed by atoms with Crippen LogP contribution in [0.15, 0.2) is 58.6 Å². The molecule has 1 amide bonds. The lowest BCUT2D eigenvalue weighted by atomic mass is 10.0. The molecule has 1 aliphatic rings. The van der Waals surface area contributed by atoms with Gasteiger partial charge < -0.3 is 14.8 Å². The molecule has 1 fully saturated rings. The van der Waals surface area contributed by atoms with E-state index in [0.29, 0.717) is 39.7 Å².